The molecule has 4 nitrogen and oxygen atoms in total. The lowest BCUT2D eigenvalue weighted by Crippen LogP contribution is -2.42. The van der Waals surface area contributed by atoms with Gasteiger partial charge in [-0.2, -0.15) is 0 Å². The van der Waals surface area contributed by atoms with Crippen LogP contribution in [0.3, 0.4) is 0 Å². The second-order valence-corrected chi connectivity index (χ2v) is 5.51. The fraction of sp³-hybridized carbons (Fsp3) is 0.588. The Bertz CT molecular complexity index is 469. The van der Waals surface area contributed by atoms with E-state index in [9.17, 15) is 0 Å². The van der Waals surface area contributed by atoms with E-state index in [2.05, 4.69) is 41.6 Å². The third-order valence-corrected chi connectivity index (χ3v) is 4.21. The summed E-state index contributed by atoms with van der Waals surface area (Å²) in [6.45, 7) is 6.19. The van der Waals surface area contributed by atoms with Crippen molar-refractivity contribution >= 4 is 5.96 Å². The first kappa shape index (κ1) is 15.7. The van der Waals surface area contributed by atoms with E-state index in [1.165, 1.54) is 18.4 Å². The number of rotatable bonds is 5. The summed E-state index contributed by atoms with van der Waals surface area (Å²) >= 11 is 0. The van der Waals surface area contributed by atoms with Gasteiger partial charge in [0.05, 0.1) is 12.6 Å². The van der Waals surface area contributed by atoms with Gasteiger partial charge in [0, 0.05) is 25.6 Å². The Balaban J connectivity index is 1.97. The first-order valence-electron chi connectivity index (χ1n) is 7.97. The summed E-state index contributed by atoms with van der Waals surface area (Å²) < 4.78 is 5.70. The minimum absolute atomic E-state index is 0.267. The number of guanidine groups is 1. The van der Waals surface area contributed by atoms with Crippen LogP contribution in [0, 0.1) is 5.92 Å². The molecule has 0 fully saturated rings. The topological polar surface area (TPSA) is 45.7 Å². The minimum atomic E-state index is 0.267. The maximum absolute atomic E-state index is 5.70. The molecule has 0 aliphatic carbocycles. The first-order valence-corrected chi connectivity index (χ1v) is 7.97. The molecule has 116 valence electrons. The second kappa shape index (κ2) is 7.91. The van der Waals surface area contributed by atoms with Crippen LogP contribution < -0.4 is 15.4 Å². The standard InChI is InChI=1S/C17H27N3O/c1-4-13(5-2)12-19-17(18-3)20-15-10-11-21-16-9-7-6-8-14(15)16/h6-9,13,15H,4-5,10-12H2,1-3H3,(H2,18,19,20). The monoisotopic (exact) mass is 289 g/mol. The van der Waals surface area contributed by atoms with E-state index in [4.69, 9.17) is 4.74 Å². The Hall–Kier alpha value is -1.71. The molecule has 1 heterocycles. The van der Waals surface area contributed by atoms with Crippen molar-refractivity contribution < 1.29 is 4.74 Å². The number of para-hydroxylation sites is 1. The third-order valence-electron chi connectivity index (χ3n) is 4.21. The van der Waals surface area contributed by atoms with E-state index in [1.807, 2.05) is 19.2 Å². The molecule has 21 heavy (non-hydrogen) atoms. The van der Waals surface area contributed by atoms with Gasteiger partial charge in [0.25, 0.3) is 0 Å². The Morgan fingerprint density at radius 3 is 2.81 bits per heavy atom. The fourth-order valence-electron chi connectivity index (χ4n) is 2.67. The maximum atomic E-state index is 5.70. The number of hydrogen-bond acceptors (Lipinski definition) is 2. The smallest absolute Gasteiger partial charge is 0.191 e. The second-order valence-electron chi connectivity index (χ2n) is 5.51. The summed E-state index contributed by atoms with van der Waals surface area (Å²) in [5, 5.41) is 6.97. The van der Waals surface area contributed by atoms with Crippen molar-refractivity contribution in [1.29, 1.82) is 0 Å². The molecule has 1 aliphatic heterocycles. The zero-order valence-electron chi connectivity index (χ0n) is 13.4. The molecule has 1 aliphatic rings. The Kier molecular flexibility index (Phi) is 5.90. The highest BCUT2D eigenvalue weighted by Crippen LogP contribution is 2.31. The van der Waals surface area contributed by atoms with E-state index in [-0.39, 0.29) is 6.04 Å². The molecule has 1 aromatic rings. The molecule has 0 radical (unpaired) electrons. The Morgan fingerprint density at radius 2 is 2.10 bits per heavy atom. The van der Waals surface area contributed by atoms with E-state index < -0.39 is 0 Å². The highest BCUT2D eigenvalue weighted by molar-refractivity contribution is 5.80. The van der Waals surface area contributed by atoms with Crippen LogP contribution in [0.1, 0.15) is 44.7 Å². The molecule has 1 unspecified atom stereocenters. The van der Waals surface area contributed by atoms with Crippen molar-refractivity contribution in [1.82, 2.24) is 10.6 Å². The number of nitrogens with one attached hydrogen (secondary N) is 2. The quantitative estimate of drug-likeness (QED) is 0.647. The molecule has 4 heteroatoms. The van der Waals surface area contributed by atoms with Gasteiger partial charge in [0.15, 0.2) is 5.96 Å². The number of fused-ring (bicyclic) bond motifs is 1. The molecular weight excluding hydrogens is 262 g/mol. The summed E-state index contributed by atoms with van der Waals surface area (Å²) in [6, 6.07) is 8.50. The van der Waals surface area contributed by atoms with Gasteiger partial charge in [-0.05, 0) is 12.0 Å². The molecule has 0 aromatic heterocycles. The van der Waals surface area contributed by atoms with Gasteiger partial charge in [-0.3, -0.25) is 4.99 Å². The first-order chi connectivity index (χ1) is 10.3. The lowest BCUT2D eigenvalue weighted by atomic mass is 10.0. The summed E-state index contributed by atoms with van der Waals surface area (Å²) in [6.07, 6.45) is 3.35. The van der Waals surface area contributed by atoms with Gasteiger partial charge in [0.2, 0.25) is 0 Å². The van der Waals surface area contributed by atoms with E-state index in [0.717, 1.165) is 31.3 Å². The highest BCUT2D eigenvalue weighted by Gasteiger charge is 2.21. The Morgan fingerprint density at radius 1 is 1.33 bits per heavy atom. The van der Waals surface area contributed by atoms with Gasteiger partial charge >= 0.3 is 0 Å². The van der Waals surface area contributed by atoms with Gasteiger partial charge < -0.3 is 15.4 Å². The summed E-state index contributed by atoms with van der Waals surface area (Å²) in [5.41, 5.74) is 1.22. The number of ether oxygens (including phenoxy) is 1. The number of aliphatic imine (C=N–C) groups is 1. The molecular formula is C17H27N3O. The van der Waals surface area contributed by atoms with Crippen LogP contribution in [-0.2, 0) is 0 Å². The van der Waals surface area contributed by atoms with Crippen LogP contribution >= 0.6 is 0 Å². The van der Waals surface area contributed by atoms with Crippen LogP contribution in [0.25, 0.3) is 0 Å². The summed E-state index contributed by atoms with van der Waals surface area (Å²) in [4.78, 5) is 4.35. The predicted molar refractivity (Wildman–Crippen MR) is 87.9 cm³/mol. The number of hydrogen-bond donors (Lipinski definition) is 2. The van der Waals surface area contributed by atoms with Crippen LogP contribution in [0.15, 0.2) is 29.3 Å². The van der Waals surface area contributed by atoms with Crippen LogP contribution in [0.2, 0.25) is 0 Å². The zero-order chi connectivity index (χ0) is 15.1. The van der Waals surface area contributed by atoms with Crippen LogP contribution in [-0.4, -0.2) is 26.2 Å². The van der Waals surface area contributed by atoms with Crippen molar-refractivity contribution in [2.75, 3.05) is 20.2 Å². The highest BCUT2D eigenvalue weighted by atomic mass is 16.5. The minimum Gasteiger partial charge on any atom is -0.493 e. The van der Waals surface area contributed by atoms with E-state index in [0.29, 0.717) is 5.92 Å². The predicted octanol–water partition coefficient (Wildman–Crippen LogP) is 3.11. The summed E-state index contributed by atoms with van der Waals surface area (Å²) in [5.74, 6) is 2.56. The molecule has 1 atom stereocenters. The molecule has 1 aromatic carbocycles. The van der Waals surface area contributed by atoms with Crippen molar-refractivity contribution in [3.8, 4) is 5.75 Å². The lowest BCUT2D eigenvalue weighted by Gasteiger charge is -2.28. The third kappa shape index (κ3) is 4.13. The summed E-state index contributed by atoms with van der Waals surface area (Å²) in [7, 11) is 1.83. The van der Waals surface area contributed by atoms with Crippen molar-refractivity contribution in [2.45, 2.75) is 39.2 Å². The molecule has 0 spiro atoms. The van der Waals surface area contributed by atoms with Crippen molar-refractivity contribution in [3.63, 3.8) is 0 Å². The molecule has 0 amide bonds. The zero-order valence-corrected chi connectivity index (χ0v) is 13.4. The number of nitrogens with zero attached hydrogens (tertiary/aromatic N) is 1. The van der Waals surface area contributed by atoms with Crippen molar-refractivity contribution in [3.05, 3.63) is 29.8 Å². The molecule has 2 N–H and O–H groups in total. The SMILES string of the molecule is CCC(CC)CNC(=NC)NC1CCOc2ccccc21. The van der Waals surface area contributed by atoms with Crippen LogP contribution in [0.5, 0.6) is 5.75 Å². The Labute approximate surface area is 128 Å². The lowest BCUT2D eigenvalue weighted by molar-refractivity contribution is 0.261. The molecule has 0 bridgehead atoms. The normalized spacial score (nSPS) is 18.1. The van der Waals surface area contributed by atoms with Crippen LogP contribution in [0.4, 0.5) is 0 Å². The largest absolute Gasteiger partial charge is 0.493 e. The van der Waals surface area contributed by atoms with Gasteiger partial charge in [-0.15, -0.1) is 0 Å². The molecule has 0 saturated carbocycles. The maximum Gasteiger partial charge on any atom is 0.191 e. The molecule has 0 saturated heterocycles. The van der Waals surface area contributed by atoms with Crippen molar-refractivity contribution in [2.24, 2.45) is 10.9 Å². The number of benzene rings is 1. The molecule has 2 rings (SSSR count). The van der Waals surface area contributed by atoms with Gasteiger partial charge in [-0.1, -0.05) is 44.9 Å². The van der Waals surface area contributed by atoms with E-state index >= 15 is 0 Å². The average molecular weight is 289 g/mol. The van der Waals surface area contributed by atoms with Gasteiger partial charge in [0.1, 0.15) is 5.75 Å². The average Bonchev–Trinajstić information content (AvgIpc) is 2.54. The van der Waals surface area contributed by atoms with E-state index in [1.54, 1.807) is 0 Å². The fourth-order valence-corrected chi connectivity index (χ4v) is 2.67. The van der Waals surface area contributed by atoms with Gasteiger partial charge in [-0.25, -0.2) is 0 Å².